The van der Waals surface area contributed by atoms with E-state index < -0.39 is 0 Å². The molecule has 4 nitrogen and oxygen atoms in total. The number of nitrogens with zero attached hydrogens (tertiary/aromatic N) is 1. The van der Waals surface area contributed by atoms with Gasteiger partial charge in [0, 0.05) is 10.8 Å². The van der Waals surface area contributed by atoms with Gasteiger partial charge in [-0.05, 0) is 0 Å². The Morgan fingerprint density at radius 1 is 0.842 bits per heavy atom. The fraction of sp³-hybridized carbons (Fsp3) is 0.667. The number of ether oxygens (including phenoxy) is 2. The molecule has 0 aromatic carbocycles. The van der Waals surface area contributed by atoms with Crippen LogP contribution in [0.4, 0.5) is 0 Å². The number of rotatable bonds is 3. The molecule has 0 fully saturated rings. The molecule has 0 spiro atoms. The van der Waals surface area contributed by atoms with Gasteiger partial charge >= 0.3 is 0 Å². The molecule has 0 unspecified atom stereocenters. The summed E-state index contributed by atoms with van der Waals surface area (Å²) in [6, 6.07) is 0. The smallest absolute Gasteiger partial charge is 0.218 e. The molecule has 0 aliphatic carbocycles. The van der Waals surface area contributed by atoms with E-state index in [1.165, 1.54) is 0 Å². The van der Waals surface area contributed by atoms with E-state index in [9.17, 15) is 4.79 Å². The second-order valence-corrected chi connectivity index (χ2v) is 6.74. The Morgan fingerprint density at radius 3 is 1.32 bits per heavy atom. The van der Waals surface area contributed by atoms with E-state index in [0.29, 0.717) is 11.5 Å². The van der Waals surface area contributed by atoms with Crippen LogP contribution in [-0.2, 0) is 15.6 Å². The normalized spacial score (nSPS) is 12.4. The Labute approximate surface area is 115 Å². The molecule has 0 radical (unpaired) electrons. The van der Waals surface area contributed by atoms with Crippen molar-refractivity contribution in [3.63, 3.8) is 0 Å². The zero-order valence-electron chi connectivity index (χ0n) is 13.2. The summed E-state index contributed by atoms with van der Waals surface area (Å²) in [6.07, 6.45) is 0.839. The Morgan fingerprint density at radius 2 is 1.16 bits per heavy atom. The first kappa shape index (κ1) is 15.6. The third-order valence-corrected chi connectivity index (χ3v) is 3.05. The lowest BCUT2D eigenvalue weighted by Crippen LogP contribution is -2.23. The lowest BCUT2D eigenvalue weighted by molar-refractivity contribution is 0.343. The molecule has 1 rings (SSSR count). The molecule has 0 atom stereocenters. The highest BCUT2D eigenvalue weighted by molar-refractivity contribution is 5.67. The molecule has 0 amide bonds. The van der Waals surface area contributed by atoms with Gasteiger partial charge in [-0.2, -0.15) is 0 Å². The highest BCUT2D eigenvalue weighted by Crippen LogP contribution is 2.46. The van der Waals surface area contributed by atoms with Crippen LogP contribution in [0.3, 0.4) is 0 Å². The fourth-order valence-electron chi connectivity index (χ4n) is 2.43. The van der Waals surface area contributed by atoms with Crippen LogP contribution in [0.2, 0.25) is 0 Å². The van der Waals surface area contributed by atoms with Gasteiger partial charge in [-0.25, -0.2) is 0 Å². The summed E-state index contributed by atoms with van der Waals surface area (Å²) in [7, 11) is 3.21. The average molecular weight is 267 g/mol. The van der Waals surface area contributed by atoms with Gasteiger partial charge in [-0.15, -0.1) is 0 Å². The molecule has 4 heteroatoms. The van der Waals surface area contributed by atoms with E-state index in [1.54, 1.807) is 18.8 Å². The van der Waals surface area contributed by atoms with Gasteiger partial charge in [0.15, 0.2) is 11.5 Å². The first-order chi connectivity index (χ1) is 8.59. The molecule has 1 aromatic heterocycles. The second kappa shape index (κ2) is 4.91. The standard InChI is InChI=1S/C15H25NO3/c1-14(2,3)12-10(18-7)11(19-8)13(15(4,5)6)16(12)9-17/h9H,1-8H3. The molecule has 0 aliphatic heterocycles. The minimum absolute atomic E-state index is 0.219. The molecule has 0 aliphatic rings. The average Bonchev–Trinajstić information content (AvgIpc) is 2.60. The predicted molar refractivity (Wildman–Crippen MR) is 77.1 cm³/mol. The summed E-state index contributed by atoms with van der Waals surface area (Å²) in [6.45, 7) is 12.3. The van der Waals surface area contributed by atoms with Gasteiger partial charge in [0.05, 0.1) is 25.6 Å². The van der Waals surface area contributed by atoms with Crippen LogP contribution in [-0.4, -0.2) is 25.2 Å². The van der Waals surface area contributed by atoms with Crippen LogP contribution in [0, 0.1) is 0 Å². The zero-order valence-corrected chi connectivity index (χ0v) is 13.2. The molecule has 1 heterocycles. The van der Waals surface area contributed by atoms with Crippen molar-refractivity contribution in [3.8, 4) is 11.5 Å². The van der Waals surface area contributed by atoms with Crippen molar-refractivity contribution < 1.29 is 14.3 Å². The van der Waals surface area contributed by atoms with Gasteiger partial charge in [0.2, 0.25) is 6.41 Å². The van der Waals surface area contributed by atoms with Crippen molar-refractivity contribution in [3.05, 3.63) is 11.4 Å². The van der Waals surface area contributed by atoms with Crippen LogP contribution < -0.4 is 9.47 Å². The van der Waals surface area contributed by atoms with Crippen LogP contribution in [0.25, 0.3) is 0 Å². The van der Waals surface area contributed by atoms with Gasteiger partial charge in [0.1, 0.15) is 0 Å². The number of hydrogen-bond donors (Lipinski definition) is 0. The van der Waals surface area contributed by atoms with Crippen LogP contribution in [0.15, 0.2) is 0 Å². The molecule has 0 bridgehead atoms. The summed E-state index contributed by atoms with van der Waals surface area (Å²) < 4.78 is 12.7. The van der Waals surface area contributed by atoms with E-state index in [-0.39, 0.29) is 10.8 Å². The number of methoxy groups -OCH3 is 2. The predicted octanol–water partition coefficient (Wildman–Crippen LogP) is 3.14. The van der Waals surface area contributed by atoms with Crippen LogP contribution in [0.1, 0.15) is 52.9 Å². The SMILES string of the molecule is COc1c(OC)c(C(C)(C)C)n(C=O)c1C(C)(C)C. The quantitative estimate of drug-likeness (QED) is 0.790. The maximum atomic E-state index is 11.6. The molecule has 0 saturated carbocycles. The second-order valence-electron chi connectivity index (χ2n) is 6.74. The van der Waals surface area contributed by atoms with Crippen molar-refractivity contribution in [2.24, 2.45) is 0 Å². The third kappa shape index (κ3) is 2.62. The van der Waals surface area contributed by atoms with Crippen molar-refractivity contribution in [1.82, 2.24) is 4.57 Å². The minimum Gasteiger partial charge on any atom is -0.491 e. The maximum absolute atomic E-state index is 11.6. The van der Waals surface area contributed by atoms with Crippen molar-refractivity contribution in [2.45, 2.75) is 52.4 Å². The van der Waals surface area contributed by atoms with Crippen LogP contribution >= 0.6 is 0 Å². The lowest BCUT2D eigenvalue weighted by Gasteiger charge is -2.23. The number of hydrogen-bond acceptors (Lipinski definition) is 3. The maximum Gasteiger partial charge on any atom is 0.218 e. The third-order valence-electron chi connectivity index (χ3n) is 3.05. The fourth-order valence-corrected chi connectivity index (χ4v) is 2.43. The summed E-state index contributed by atoms with van der Waals surface area (Å²) in [5.41, 5.74) is 1.24. The Balaban J connectivity index is 3.84. The van der Waals surface area contributed by atoms with Gasteiger partial charge in [0.25, 0.3) is 0 Å². The number of carbonyl (C=O) groups excluding carboxylic acids is 1. The Kier molecular flexibility index (Phi) is 4.03. The molecular formula is C15H25NO3. The monoisotopic (exact) mass is 267 g/mol. The summed E-state index contributed by atoms with van der Waals surface area (Å²) in [4.78, 5) is 11.6. The van der Waals surface area contributed by atoms with Crippen molar-refractivity contribution in [2.75, 3.05) is 14.2 Å². The molecular weight excluding hydrogens is 242 g/mol. The topological polar surface area (TPSA) is 40.5 Å². The molecule has 19 heavy (non-hydrogen) atoms. The Bertz CT molecular complexity index is 434. The summed E-state index contributed by atoms with van der Waals surface area (Å²) in [5.74, 6) is 1.29. The van der Waals surface area contributed by atoms with E-state index in [1.807, 2.05) is 0 Å². The van der Waals surface area contributed by atoms with Crippen LogP contribution in [0.5, 0.6) is 11.5 Å². The first-order valence-electron chi connectivity index (χ1n) is 6.42. The number of aromatic nitrogens is 1. The highest BCUT2D eigenvalue weighted by Gasteiger charge is 2.36. The lowest BCUT2D eigenvalue weighted by atomic mass is 9.91. The van der Waals surface area contributed by atoms with Gasteiger partial charge in [-0.1, -0.05) is 41.5 Å². The highest BCUT2D eigenvalue weighted by atomic mass is 16.5. The van der Waals surface area contributed by atoms with Crippen molar-refractivity contribution >= 4 is 6.41 Å². The van der Waals surface area contributed by atoms with E-state index >= 15 is 0 Å². The van der Waals surface area contributed by atoms with Gasteiger partial charge in [-0.3, -0.25) is 9.36 Å². The van der Waals surface area contributed by atoms with E-state index in [4.69, 9.17) is 9.47 Å². The Hall–Kier alpha value is -1.45. The van der Waals surface area contributed by atoms with E-state index in [2.05, 4.69) is 41.5 Å². The number of carbonyl (C=O) groups is 1. The van der Waals surface area contributed by atoms with E-state index in [0.717, 1.165) is 17.8 Å². The first-order valence-corrected chi connectivity index (χ1v) is 6.42. The molecule has 108 valence electrons. The summed E-state index contributed by atoms with van der Waals surface area (Å²) in [5, 5.41) is 0. The largest absolute Gasteiger partial charge is 0.491 e. The summed E-state index contributed by atoms with van der Waals surface area (Å²) >= 11 is 0. The molecule has 0 N–H and O–H groups in total. The van der Waals surface area contributed by atoms with Gasteiger partial charge < -0.3 is 9.47 Å². The molecule has 1 aromatic rings. The zero-order chi connectivity index (χ0) is 15.0. The minimum atomic E-state index is -0.219. The molecule has 0 saturated heterocycles. The van der Waals surface area contributed by atoms with Crippen molar-refractivity contribution in [1.29, 1.82) is 0 Å².